The Kier molecular flexibility index (Phi) is 7.49. The first-order valence-electron chi connectivity index (χ1n) is 4.48. The molecule has 1 amide bonds. The van der Waals surface area contributed by atoms with Gasteiger partial charge in [-0.3, -0.25) is 5.32 Å². The van der Waals surface area contributed by atoms with Crippen LogP contribution in [0.1, 0.15) is 0 Å². The van der Waals surface area contributed by atoms with Crippen LogP contribution >= 0.6 is 0 Å². The minimum atomic E-state index is -4.78. The van der Waals surface area contributed by atoms with Crippen LogP contribution in [0.25, 0.3) is 0 Å². The third kappa shape index (κ3) is 7.70. The van der Waals surface area contributed by atoms with Crippen molar-refractivity contribution < 1.29 is 52.1 Å². The fraction of sp³-hybridized carbons (Fsp3) is 0. The molecule has 10 heteroatoms. The summed E-state index contributed by atoms with van der Waals surface area (Å²) in [5.74, 6) is 0. The average Bonchev–Trinajstić information content (AvgIpc) is 2.26. The zero-order chi connectivity index (χ0) is 13.6. The topological polar surface area (TPSA) is 120 Å². The molecule has 0 aliphatic carbocycles. The Morgan fingerprint density at radius 3 is 2.74 bits per heavy atom. The summed E-state index contributed by atoms with van der Waals surface area (Å²) in [4.78, 5) is 11.0. The number of benzene rings is 1. The molecule has 0 fully saturated rings. The summed E-state index contributed by atoms with van der Waals surface area (Å²) in [6, 6.07) is 5.70. The molecule has 0 atom stereocenters. The molecular formula is C9H8N3NaO5S. The molecule has 0 bridgehead atoms. The molecule has 0 aliphatic rings. The van der Waals surface area contributed by atoms with Crippen LogP contribution in [-0.2, 0) is 15.0 Å². The number of carbonyl (C=O) groups is 1. The van der Waals surface area contributed by atoms with E-state index < -0.39 is 16.4 Å². The van der Waals surface area contributed by atoms with Gasteiger partial charge in [-0.25, -0.2) is 13.2 Å². The number of amides is 1. The molecule has 1 aromatic carbocycles. The van der Waals surface area contributed by atoms with Crippen LogP contribution in [-0.4, -0.2) is 19.1 Å². The Labute approximate surface area is 131 Å². The van der Waals surface area contributed by atoms with Crippen molar-refractivity contribution in [3.8, 4) is 0 Å². The number of nitrogens with one attached hydrogen (secondary N) is 1. The summed E-state index contributed by atoms with van der Waals surface area (Å²) in [6.07, 6.45) is 0.179. The third-order valence-corrected chi connectivity index (χ3v) is 1.82. The molecular weight excluding hydrogens is 285 g/mol. The summed E-state index contributed by atoms with van der Waals surface area (Å²) in [5.41, 5.74) is 0.382. The maximum absolute atomic E-state index is 11.0. The van der Waals surface area contributed by atoms with E-state index in [1.165, 1.54) is 24.3 Å². The van der Waals surface area contributed by atoms with Gasteiger partial charge in [-0.2, -0.15) is 0 Å². The molecule has 0 aliphatic heterocycles. The van der Waals surface area contributed by atoms with E-state index in [1.54, 1.807) is 0 Å². The molecule has 0 unspecified atom stereocenters. The molecule has 1 rings (SSSR count). The molecule has 0 radical (unpaired) electrons. The van der Waals surface area contributed by atoms with Crippen LogP contribution in [0.5, 0.6) is 0 Å². The molecule has 0 aromatic heterocycles. The van der Waals surface area contributed by atoms with Crippen molar-refractivity contribution in [1.29, 1.82) is 0 Å². The number of nitrogens with zero attached hydrogens (tertiary/aromatic N) is 2. The molecule has 96 valence electrons. The van der Waals surface area contributed by atoms with E-state index in [0.29, 0.717) is 5.69 Å². The number of carbonyl (C=O) groups excluding carboxylic acids is 1. The maximum atomic E-state index is 11.0. The van der Waals surface area contributed by atoms with E-state index in [4.69, 9.17) is 0 Å². The summed E-state index contributed by atoms with van der Waals surface area (Å²) < 4.78 is 37.7. The minimum absolute atomic E-state index is 0. The van der Waals surface area contributed by atoms with E-state index in [2.05, 4.69) is 26.3 Å². The fourth-order valence-electron chi connectivity index (χ4n) is 0.966. The van der Waals surface area contributed by atoms with E-state index in [9.17, 15) is 17.8 Å². The summed E-state index contributed by atoms with van der Waals surface area (Å²) >= 11 is 0. The molecule has 0 saturated heterocycles. The Morgan fingerprint density at radius 2 is 2.16 bits per heavy atom. The predicted octanol–water partition coefficient (Wildman–Crippen LogP) is -1.07. The van der Waals surface area contributed by atoms with Crippen molar-refractivity contribution in [2.24, 2.45) is 9.63 Å². The third-order valence-electron chi connectivity index (χ3n) is 1.54. The second-order valence-electron chi connectivity index (χ2n) is 2.86. The van der Waals surface area contributed by atoms with Gasteiger partial charge in [0, 0.05) is 5.69 Å². The Morgan fingerprint density at radius 1 is 1.47 bits per heavy atom. The molecule has 1 N–H and O–H groups in total. The monoisotopic (exact) mass is 293 g/mol. The Balaban J connectivity index is 0.00000324. The SMILES string of the molecule is C=COC(=O)Nc1cccc(N=NS(=O)(=O)[O-])c1.[Na+]. The van der Waals surface area contributed by atoms with E-state index in [0.717, 1.165) is 6.26 Å². The first-order valence-corrected chi connectivity index (χ1v) is 5.84. The van der Waals surface area contributed by atoms with Crippen molar-refractivity contribution in [2.75, 3.05) is 5.32 Å². The van der Waals surface area contributed by atoms with Crippen molar-refractivity contribution in [3.63, 3.8) is 0 Å². The van der Waals surface area contributed by atoms with Gasteiger partial charge in [0.2, 0.25) is 10.3 Å². The van der Waals surface area contributed by atoms with E-state index >= 15 is 0 Å². The number of rotatable bonds is 4. The van der Waals surface area contributed by atoms with E-state index in [1.807, 2.05) is 0 Å². The second-order valence-corrected chi connectivity index (χ2v) is 3.88. The van der Waals surface area contributed by atoms with Crippen LogP contribution in [0.2, 0.25) is 0 Å². The fourth-order valence-corrected chi connectivity index (χ4v) is 1.16. The largest absolute Gasteiger partial charge is 1.00 e. The Bertz CT molecular complexity index is 587. The van der Waals surface area contributed by atoms with Crippen LogP contribution in [0.15, 0.2) is 46.7 Å². The molecule has 0 saturated carbocycles. The van der Waals surface area contributed by atoms with Gasteiger partial charge in [-0.05, 0) is 18.2 Å². The average molecular weight is 293 g/mol. The zero-order valence-corrected chi connectivity index (χ0v) is 12.8. The first-order chi connectivity index (χ1) is 8.40. The van der Waals surface area contributed by atoms with Gasteiger partial charge in [-0.15, -0.1) is 5.11 Å². The van der Waals surface area contributed by atoms with Gasteiger partial charge in [0.1, 0.15) is 0 Å². The van der Waals surface area contributed by atoms with Gasteiger partial charge in [0.25, 0.3) is 0 Å². The molecule has 0 spiro atoms. The molecule has 1 aromatic rings. The number of ether oxygens (including phenoxy) is 1. The molecule has 19 heavy (non-hydrogen) atoms. The van der Waals surface area contributed by atoms with Gasteiger partial charge >= 0.3 is 35.7 Å². The normalized spacial score (nSPS) is 10.6. The zero-order valence-electron chi connectivity index (χ0n) is 9.94. The Hall–Kier alpha value is -1.26. The summed E-state index contributed by atoms with van der Waals surface area (Å²) in [7, 11) is -4.78. The minimum Gasteiger partial charge on any atom is -0.728 e. The van der Waals surface area contributed by atoms with Crippen LogP contribution < -0.4 is 34.9 Å². The second kappa shape index (κ2) is 8.02. The van der Waals surface area contributed by atoms with Crippen molar-refractivity contribution in [1.82, 2.24) is 0 Å². The van der Waals surface area contributed by atoms with Gasteiger partial charge < -0.3 is 9.29 Å². The number of anilines is 1. The molecule has 0 heterocycles. The number of hydrogen-bond acceptors (Lipinski definition) is 6. The van der Waals surface area contributed by atoms with Crippen molar-refractivity contribution in [2.45, 2.75) is 0 Å². The van der Waals surface area contributed by atoms with Crippen LogP contribution in [0.4, 0.5) is 16.2 Å². The summed E-state index contributed by atoms with van der Waals surface area (Å²) in [6.45, 7) is 3.20. The van der Waals surface area contributed by atoms with Gasteiger partial charge in [0.15, 0.2) is 0 Å². The first kappa shape index (κ1) is 17.7. The van der Waals surface area contributed by atoms with Crippen molar-refractivity contribution >= 4 is 27.8 Å². The van der Waals surface area contributed by atoms with Crippen molar-refractivity contribution in [3.05, 3.63) is 37.1 Å². The van der Waals surface area contributed by atoms with E-state index in [-0.39, 0.29) is 35.2 Å². The number of hydrogen-bond donors (Lipinski definition) is 1. The van der Waals surface area contributed by atoms with Gasteiger partial charge in [0.05, 0.1) is 11.9 Å². The smallest absolute Gasteiger partial charge is 0.728 e. The maximum Gasteiger partial charge on any atom is 1.00 e. The predicted molar refractivity (Wildman–Crippen MR) is 61.0 cm³/mol. The van der Waals surface area contributed by atoms with Gasteiger partial charge in [-0.1, -0.05) is 17.2 Å². The molecule has 8 nitrogen and oxygen atoms in total. The van der Waals surface area contributed by atoms with Crippen LogP contribution in [0, 0.1) is 0 Å². The standard InChI is InChI=1S/C9H9N3O5S.Na/c1-2-17-9(13)10-7-4-3-5-8(6-7)11-12-18(14,15)16;/h2-6H,1H2,(H,10,13)(H,14,15,16);/q;+1/p-1. The summed E-state index contributed by atoms with van der Waals surface area (Å²) in [5, 5.41) is 5.52. The van der Waals surface area contributed by atoms with Crippen LogP contribution in [0.3, 0.4) is 0 Å². The quantitative estimate of drug-likeness (QED) is 0.328.